The van der Waals surface area contributed by atoms with Gasteiger partial charge in [0.05, 0.1) is 0 Å². The number of phenolic OH excluding ortho intramolecular Hbond substituents is 2. The van der Waals surface area contributed by atoms with Crippen molar-refractivity contribution in [1.29, 1.82) is 0 Å². The van der Waals surface area contributed by atoms with Crippen LogP contribution in [0.15, 0.2) is 29.6 Å². The highest BCUT2D eigenvalue weighted by molar-refractivity contribution is 7.10. The first kappa shape index (κ1) is 13.9. The highest BCUT2D eigenvalue weighted by Gasteiger charge is 2.09. The molecule has 3 nitrogen and oxygen atoms in total. The molecule has 2 aromatic rings. The van der Waals surface area contributed by atoms with E-state index in [9.17, 15) is 10.2 Å². The van der Waals surface area contributed by atoms with Crippen LogP contribution in [0.25, 0.3) is 0 Å². The van der Waals surface area contributed by atoms with Crippen molar-refractivity contribution in [1.82, 2.24) is 5.32 Å². The van der Waals surface area contributed by atoms with Crippen molar-refractivity contribution in [3.63, 3.8) is 0 Å². The summed E-state index contributed by atoms with van der Waals surface area (Å²) in [7, 11) is 0. The van der Waals surface area contributed by atoms with Crippen LogP contribution in [0.3, 0.4) is 0 Å². The van der Waals surface area contributed by atoms with Crippen LogP contribution in [-0.2, 0) is 13.0 Å². The number of aryl methyl sites for hydroxylation is 1. The topological polar surface area (TPSA) is 52.5 Å². The molecule has 0 saturated heterocycles. The van der Waals surface area contributed by atoms with Gasteiger partial charge in [-0.05, 0) is 48.1 Å². The van der Waals surface area contributed by atoms with Crippen LogP contribution in [0.1, 0.15) is 35.9 Å². The lowest BCUT2D eigenvalue weighted by molar-refractivity contribution is 0.446. The minimum atomic E-state index is 0.0739. The summed E-state index contributed by atoms with van der Waals surface area (Å²) in [4.78, 5) is 1.35. The largest absolute Gasteiger partial charge is 0.508 e. The zero-order chi connectivity index (χ0) is 13.8. The van der Waals surface area contributed by atoms with Crippen LogP contribution >= 0.6 is 11.3 Å². The van der Waals surface area contributed by atoms with E-state index in [-0.39, 0.29) is 17.5 Å². The monoisotopic (exact) mass is 277 g/mol. The number of rotatable bonds is 5. The van der Waals surface area contributed by atoms with Crippen LogP contribution in [0.2, 0.25) is 0 Å². The number of hydrogen-bond acceptors (Lipinski definition) is 4. The maximum Gasteiger partial charge on any atom is 0.119 e. The number of phenols is 2. The molecule has 4 heteroatoms. The molecule has 1 aromatic heterocycles. The lowest BCUT2D eigenvalue weighted by atomic mass is 10.1. The fourth-order valence-corrected chi connectivity index (χ4v) is 3.00. The number of nitrogens with one attached hydrogen (secondary N) is 1. The second-order valence-corrected chi connectivity index (χ2v) is 5.61. The molecule has 0 saturated carbocycles. The Balaban J connectivity index is 2.03. The molecule has 1 atom stereocenters. The molecule has 0 aliphatic carbocycles. The zero-order valence-corrected chi connectivity index (χ0v) is 12.0. The molecule has 0 spiro atoms. The highest BCUT2D eigenvalue weighted by Crippen LogP contribution is 2.25. The van der Waals surface area contributed by atoms with Gasteiger partial charge in [0, 0.05) is 23.5 Å². The van der Waals surface area contributed by atoms with Crippen molar-refractivity contribution < 1.29 is 10.2 Å². The van der Waals surface area contributed by atoms with Gasteiger partial charge in [-0.25, -0.2) is 0 Å². The molecule has 19 heavy (non-hydrogen) atoms. The van der Waals surface area contributed by atoms with Crippen molar-refractivity contribution in [3.8, 4) is 11.5 Å². The number of hydrogen-bond donors (Lipinski definition) is 3. The Morgan fingerprint density at radius 2 is 1.89 bits per heavy atom. The Hall–Kier alpha value is -1.52. The van der Waals surface area contributed by atoms with Gasteiger partial charge in [0.1, 0.15) is 11.5 Å². The summed E-state index contributed by atoms with van der Waals surface area (Å²) in [5.74, 6) is 0.183. The summed E-state index contributed by atoms with van der Waals surface area (Å²) >= 11 is 1.76. The van der Waals surface area contributed by atoms with Crippen LogP contribution in [0.5, 0.6) is 11.5 Å². The van der Waals surface area contributed by atoms with E-state index in [1.165, 1.54) is 16.5 Å². The first-order chi connectivity index (χ1) is 9.10. The lowest BCUT2D eigenvalue weighted by Gasteiger charge is -2.15. The van der Waals surface area contributed by atoms with Crippen LogP contribution in [0, 0.1) is 0 Å². The fraction of sp³-hybridized carbons (Fsp3) is 0.333. The van der Waals surface area contributed by atoms with E-state index in [1.807, 2.05) is 6.92 Å². The minimum Gasteiger partial charge on any atom is -0.508 e. The molecule has 1 heterocycles. The van der Waals surface area contributed by atoms with E-state index < -0.39 is 0 Å². The molecule has 2 rings (SSSR count). The Bertz CT molecular complexity index is 531. The van der Waals surface area contributed by atoms with Crippen LogP contribution in [-0.4, -0.2) is 10.2 Å². The predicted molar refractivity (Wildman–Crippen MR) is 78.7 cm³/mol. The van der Waals surface area contributed by atoms with Gasteiger partial charge in [-0.2, -0.15) is 0 Å². The third-order valence-corrected chi connectivity index (χ3v) is 4.18. The number of thiophene rings is 1. The first-order valence-electron chi connectivity index (χ1n) is 6.41. The maximum atomic E-state index is 9.49. The van der Waals surface area contributed by atoms with E-state index in [4.69, 9.17) is 0 Å². The normalized spacial score (nSPS) is 12.5. The molecule has 0 bridgehead atoms. The third-order valence-electron chi connectivity index (χ3n) is 3.21. The lowest BCUT2D eigenvalue weighted by Crippen LogP contribution is -2.18. The van der Waals surface area contributed by atoms with Gasteiger partial charge in [-0.1, -0.05) is 6.92 Å². The zero-order valence-electron chi connectivity index (χ0n) is 11.2. The second-order valence-electron chi connectivity index (χ2n) is 4.61. The first-order valence-corrected chi connectivity index (χ1v) is 7.29. The SMILES string of the molecule is CCc1ccsc1CNC(C)c1cc(O)cc(O)c1. The predicted octanol–water partition coefficient (Wildman–Crippen LogP) is 3.57. The van der Waals surface area contributed by atoms with Gasteiger partial charge in [-0.3, -0.25) is 0 Å². The van der Waals surface area contributed by atoms with Crippen molar-refractivity contribution in [3.05, 3.63) is 45.6 Å². The van der Waals surface area contributed by atoms with Gasteiger partial charge >= 0.3 is 0 Å². The Morgan fingerprint density at radius 1 is 1.21 bits per heavy atom. The molecule has 3 N–H and O–H groups in total. The van der Waals surface area contributed by atoms with Gasteiger partial charge in [-0.15, -0.1) is 11.3 Å². The molecule has 102 valence electrons. The highest BCUT2D eigenvalue weighted by atomic mass is 32.1. The standard InChI is InChI=1S/C15H19NO2S/c1-3-11-4-5-19-15(11)9-16-10(2)12-6-13(17)8-14(18)7-12/h4-8,10,16-18H,3,9H2,1-2H3. The smallest absolute Gasteiger partial charge is 0.119 e. The van der Waals surface area contributed by atoms with Gasteiger partial charge < -0.3 is 15.5 Å². The third kappa shape index (κ3) is 3.49. The van der Waals surface area contributed by atoms with Crippen LogP contribution in [0.4, 0.5) is 0 Å². The fourth-order valence-electron chi connectivity index (χ4n) is 2.07. The summed E-state index contributed by atoms with van der Waals surface area (Å²) in [6.07, 6.45) is 1.04. The second kappa shape index (κ2) is 6.08. The molecule has 0 amide bonds. The van der Waals surface area contributed by atoms with E-state index in [1.54, 1.807) is 23.5 Å². The van der Waals surface area contributed by atoms with Gasteiger partial charge in [0.2, 0.25) is 0 Å². The Morgan fingerprint density at radius 3 is 2.53 bits per heavy atom. The molecule has 1 aromatic carbocycles. The average molecular weight is 277 g/mol. The molecule has 0 aliphatic heterocycles. The quantitative estimate of drug-likeness (QED) is 0.783. The average Bonchev–Trinajstić information content (AvgIpc) is 2.82. The van der Waals surface area contributed by atoms with Crippen molar-refractivity contribution in [2.24, 2.45) is 0 Å². The molecule has 1 unspecified atom stereocenters. The summed E-state index contributed by atoms with van der Waals surface area (Å²) < 4.78 is 0. The number of benzene rings is 1. The molecule has 0 aliphatic rings. The van der Waals surface area contributed by atoms with Gasteiger partial charge in [0.25, 0.3) is 0 Å². The van der Waals surface area contributed by atoms with Crippen molar-refractivity contribution in [2.45, 2.75) is 32.9 Å². The summed E-state index contributed by atoms with van der Waals surface area (Å²) in [6, 6.07) is 6.92. The van der Waals surface area contributed by atoms with Crippen molar-refractivity contribution >= 4 is 11.3 Å². The van der Waals surface area contributed by atoms with E-state index >= 15 is 0 Å². The summed E-state index contributed by atoms with van der Waals surface area (Å²) in [5, 5.41) is 24.5. The Labute approximate surface area is 117 Å². The summed E-state index contributed by atoms with van der Waals surface area (Å²) in [5.41, 5.74) is 2.26. The van der Waals surface area contributed by atoms with Gasteiger partial charge in [0.15, 0.2) is 0 Å². The van der Waals surface area contributed by atoms with Crippen LogP contribution < -0.4 is 5.32 Å². The molecule has 0 radical (unpaired) electrons. The Kier molecular flexibility index (Phi) is 4.45. The minimum absolute atomic E-state index is 0.0739. The molecular formula is C15H19NO2S. The van der Waals surface area contributed by atoms with E-state index in [2.05, 4.69) is 23.7 Å². The number of aromatic hydroxyl groups is 2. The molecule has 0 fully saturated rings. The molecular weight excluding hydrogens is 258 g/mol. The summed E-state index contributed by atoms with van der Waals surface area (Å²) in [6.45, 7) is 4.98. The van der Waals surface area contributed by atoms with Crippen molar-refractivity contribution in [2.75, 3.05) is 0 Å². The van der Waals surface area contributed by atoms with E-state index in [0.29, 0.717) is 0 Å². The maximum absolute atomic E-state index is 9.49. The van der Waals surface area contributed by atoms with E-state index in [0.717, 1.165) is 18.5 Å².